The van der Waals surface area contributed by atoms with Crippen LogP contribution in [0.25, 0.3) is 0 Å². The van der Waals surface area contributed by atoms with Gasteiger partial charge < -0.3 is 9.57 Å². The van der Waals surface area contributed by atoms with Gasteiger partial charge >= 0.3 is 11.9 Å². The number of esters is 1. The summed E-state index contributed by atoms with van der Waals surface area (Å²) in [7, 11) is 0. The molecule has 0 spiro atoms. The quantitative estimate of drug-likeness (QED) is 0.383. The van der Waals surface area contributed by atoms with Crippen LogP contribution in [0.1, 0.15) is 85.5 Å². The van der Waals surface area contributed by atoms with Crippen molar-refractivity contribution >= 4 is 17.7 Å². The van der Waals surface area contributed by atoms with Gasteiger partial charge in [0.05, 0.1) is 5.71 Å². The molecule has 0 aromatic rings. The highest BCUT2D eigenvalue weighted by atomic mass is 16.7. The molecule has 7 atom stereocenters. The fraction of sp³-hybridized carbons (Fsp3) is 0.870. The van der Waals surface area contributed by atoms with E-state index >= 15 is 0 Å². The lowest BCUT2D eigenvalue weighted by atomic mass is 9.45. The minimum Gasteiger partial charge on any atom is -0.463 e. The Kier molecular flexibility index (Phi) is 5.08. The van der Waals surface area contributed by atoms with E-state index in [4.69, 9.17) is 9.57 Å². The van der Waals surface area contributed by atoms with Gasteiger partial charge in [0.2, 0.25) is 0 Å². The van der Waals surface area contributed by atoms with Gasteiger partial charge in [0.25, 0.3) is 0 Å². The molecule has 4 aliphatic rings. The zero-order chi connectivity index (χ0) is 20.1. The second kappa shape index (κ2) is 7.14. The fourth-order valence-corrected chi connectivity index (χ4v) is 7.62. The Balaban J connectivity index is 1.52. The number of hydrogen-bond donors (Lipinski definition) is 0. The van der Waals surface area contributed by atoms with Crippen LogP contribution in [0.2, 0.25) is 0 Å². The predicted molar refractivity (Wildman–Crippen MR) is 106 cm³/mol. The summed E-state index contributed by atoms with van der Waals surface area (Å²) in [5.74, 6) is 2.37. The van der Waals surface area contributed by atoms with Crippen LogP contribution in [0.15, 0.2) is 5.16 Å². The summed E-state index contributed by atoms with van der Waals surface area (Å²) in [6.45, 7) is 7.82. The van der Waals surface area contributed by atoms with Crippen molar-refractivity contribution in [3.63, 3.8) is 0 Å². The lowest BCUT2D eigenvalue weighted by Crippen LogP contribution is -2.54. The number of ether oxygens (including phenoxy) is 1. The van der Waals surface area contributed by atoms with Gasteiger partial charge in [0.15, 0.2) is 0 Å². The minimum absolute atomic E-state index is 0.0920. The van der Waals surface area contributed by atoms with Crippen LogP contribution >= 0.6 is 0 Å². The first-order valence-electron chi connectivity index (χ1n) is 11.2. The molecule has 0 amide bonds. The second-order valence-corrected chi connectivity index (χ2v) is 10.3. The summed E-state index contributed by atoms with van der Waals surface area (Å²) in [4.78, 5) is 27.7. The average molecular weight is 390 g/mol. The molecule has 5 nitrogen and oxygen atoms in total. The molecule has 0 aromatic heterocycles. The van der Waals surface area contributed by atoms with E-state index in [9.17, 15) is 9.59 Å². The van der Waals surface area contributed by atoms with Crippen molar-refractivity contribution < 1.29 is 19.2 Å². The molecule has 28 heavy (non-hydrogen) atoms. The van der Waals surface area contributed by atoms with Crippen molar-refractivity contribution in [3.05, 3.63) is 0 Å². The van der Waals surface area contributed by atoms with Crippen LogP contribution in [0.3, 0.4) is 0 Å². The van der Waals surface area contributed by atoms with Gasteiger partial charge in [-0.05, 0) is 86.9 Å². The smallest absolute Gasteiger partial charge is 0.331 e. The van der Waals surface area contributed by atoms with Gasteiger partial charge in [-0.2, -0.15) is 0 Å². The topological polar surface area (TPSA) is 65.0 Å². The second-order valence-electron chi connectivity index (χ2n) is 10.3. The van der Waals surface area contributed by atoms with Crippen molar-refractivity contribution in [3.8, 4) is 0 Å². The lowest BCUT2D eigenvalue weighted by Gasteiger charge is -2.60. The first-order chi connectivity index (χ1) is 13.2. The number of oxime groups is 1. The largest absolute Gasteiger partial charge is 0.463 e. The molecule has 4 aliphatic carbocycles. The molecular weight excluding hydrogens is 354 g/mol. The van der Waals surface area contributed by atoms with Crippen LogP contribution in [0.5, 0.6) is 0 Å². The van der Waals surface area contributed by atoms with E-state index in [0.717, 1.165) is 43.2 Å². The van der Waals surface area contributed by atoms with E-state index in [2.05, 4.69) is 19.0 Å². The Labute approximate surface area is 168 Å². The van der Waals surface area contributed by atoms with E-state index in [1.165, 1.54) is 46.0 Å². The number of fused-ring (bicyclic) bond motifs is 5. The zero-order valence-corrected chi connectivity index (χ0v) is 17.8. The van der Waals surface area contributed by atoms with Crippen molar-refractivity contribution in [2.75, 3.05) is 0 Å². The molecule has 4 rings (SSSR count). The highest BCUT2D eigenvalue weighted by molar-refractivity contribution is 5.92. The van der Waals surface area contributed by atoms with E-state index in [1.54, 1.807) is 0 Å². The van der Waals surface area contributed by atoms with Gasteiger partial charge in [0, 0.05) is 19.3 Å². The van der Waals surface area contributed by atoms with Crippen molar-refractivity contribution in [2.45, 2.75) is 91.6 Å². The molecule has 5 heteroatoms. The summed E-state index contributed by atoms with van der Waals surface area (Å²) in [5.41, 5.74) is 1.57. The highest BCUT2D eigenvalue weighted by Crippen LogP contribution is 2.65. The Morgan fingerprint density at radius 1 is 0.964 bits per heavy atom. The molecule has 0 saturated heterocycles. The first kappa shape index (κ1) is 19.9. The molecule has 0 bridgehead atoms. The van der Waals surface area contributed by atoms with Crippen molar-refractivity contribution in [1.82, 2.24) is 0 Å². The van der Waals surface area contributed by atoms with Gasteiger partial charge in [-0.15, -0.1) is 0 Å². The molecule has 0 unspecified atom stereocenters. The molecule has 0 radical (unpaired) electrons. The predicted octanol–water partition coefficient (Wildman–Crippen LogP) is 4.88. The van der Waals surface area contributed by atoms with Crippen molar-refractivity contribution in [1.29, 1.82) is 0 Å². The van der Waals surface area contributed by atoms with Crippen LogP contribution in [0, 0.1) is 34.5 Å². The third kappa shape index (κ3) is 3.19. The monoisotopic (exact) mass is 389 g/mol. The van der Waals surface area contributed by atoms with E-state index in [-0.39, 0.29) is 23.5 Å². The molecule has 0 N–H and O–H groups in total. The SMILES string of the molecule is CC(=O)O/N=C1\CC[C@H]2[C@@H]3CC[C@H]4C[C@@H](OC(C)=O)CC[C@]4(C)[C@H]3CC[C@]12C. The van der Waals surface area contributed by atoms with Gasteiger partial charge in [-0.3, -0.25) is 4.79 Å². The third-order valence-electron chi connectivity index (χ3n) is 8.98. The van der Waals surface area contributed by atoms with Crippen molar-refractivity contribution in [2.24, 2.45) is 39.7 Å². The summed E-state index contributed by atoms with van der Waals surface area (Å²) in [5, 5.41) is 4.27. The number of hydrogen-bond acceptors (Lipinski definition) is 5. The van der Waals surface area contributed by atoms with Crippen LogP contribution < -0.4 is 0 Å². The number of carbonyl (C=O) groups excluding carboxylic acids is 2. The maximum Gasteiger partial charge on any atom is 0.331 e. The summed E-state index contributed by atoms with van der Waals surface area (Å²) in [6.07, 6.45) is 10.4. The Bertz CT molecular complexity index is 688. The van der Waals surface area contributed by atoms with Gasteiger partial charge in [0.1, 0.15) is 6.10 Å². The van der Waals surface area contributed by atoms with Crippen LogP contribution in [-0.4, -0.2) is 23.8 Å². The standard InChI is InChI=1S/C23H35NO4/c1-14(25)27-17-9-11-22(3)16(13-17)5-6-18-19-7-8-21(24-28-15(2)26)23(19,4)12-10-20(18)22/h16-20H,5-13H2,1-4H3/b24-21+/t16-,17-,18-,19-,20-,22-,23-/m0/s1. The number of carbonyl (C=O) groups is 2. The fourth-order valence-electron chi connectivity index (χ4n) is 7.62. The molecular formula is C23H35NO4. The Morgan fingerprint density at radius 2 is 1.75 bits per heavy atom. The van der Waals surface area contributed by atoms with E-state index < -0.39 is 0 Å². The minimum atomic E-state index is -0.328. The molecule has 0 heterocycles. The normalized spacial score (nSPS) is 46.3. The lowest BCUT2D eigenvalue weighted by molar-refractivity contribution is -0.158. The molecule has 0 aromatic carbocycles. The number of rotatable bonds is 2. The third-order valence-corrected chi connectivity index (χ3v) is 8.98. The summed E-state index contributed by atoms with van der Waals surface area (Å²) in [6, 6.07) is 0. The van der Waals surface area contributed by atoms with E-state index in [1.807, 2.05) is 0 Å². The maximum absolute atomic E-state index is 11.4. The highest BCUT2D eigenvalue weighted by Gasteiger charge is 2.59. The Hall–Kier alpha value is -1.39. The van der Waals surface area contributed by atoms with E-state index in [0.29, 0.717) is 17.3 Å². The first-order valence-corrected chi connectivity index (χ1v) is 11.2. The summed E-state index contributed by atoms with van der Waals surface area (Å²) >= 11 is 0. The maximum atomic E-state index is 11.4. The zero-order valence-electron chi connectivity index (χ0n) is 17.8. The summed E-state index contributed by atoms with van der Waals surface area (Å²) < 4.78 is 5.57. The Morgan fingerprint density at radius 3 is 2.46 bits per heavy atom. The molecule has 4 fully saturated rings. The number of nitrogens with zero attached hydrogens (tertiary/aromatic N) is 1. The molecule has 4 saturated carbocycles. The van der Waals surface area contributed by atoms with Crippen LogP contribution in [-0.2, 0) is 19.2 Å². The molecule has 0 aliphatic heterocycles. The molecule has 156 valence electrons. The van der Waals surface area contributed by atoms with Gasteiger partial charge in [-0.1, -0.05) is 19.0 Å². The average Bonchev–Trinajstić information content (AvgIpc) is 2.96. The van der Waals surface area contributed by atoms with Crippen LogP contribution in [0.4, 0.5) is 0 Å². The van der Waals surface area contributed by atoms with Gasteiger partial charge in [-0.25, -0.2) is 4.79 Å².